The summed E-state index contributed by atoms with van der Waals surface area (Å²) < 4.78 is 26.7. The molecule has 28 heavy (non-hydrogen) atoms. The van der Waals surface area contributed by atoms with Crippen LogP contribution in [-0.2, 0) is 0 Å². The first-order chi connectivity index (χ1) is 13.5. The van der Waals surface area contributed by atoms with Crippen LogP contribution in [0.5, 0.6) is 0 Å². The molecule has 1 heterocycles. The lowest BCUT2D eigenvalue weighted by molar-refractivity contribution is 0.248. The van der Waals surface area contributed by atoms with Gasteiger partial charge in [0, 0.05) is 23.4 Å². The molecule has 0 unspecified atom stereocenters. The molecule has 3 rings (SSSR count). The van der Waals surface area contributed by atoms with E-state index in [4.69, 9.17) is 0 Å². The second-order valence-electron chi connectivity index (χ2n) is 6.76. The van der Waals surface area contributed by atoms with E-state index in [0.717, 1.165) is 17.7 Å². The van der Waals surface area contributed by atoms with Crippen LogP contribution in [0, 0.1) is 17.6 Å². The molecule has 0 radical (unpaired) electrons. The van der Waals surface area contributed by atoms with Gasteiger partial charge in [0.05, 0.1) is 18.3 Å². The van der Waals surface area contributed by atoms with Crippen molar-refractivity contribution in [1.29, 1.82) is 0 Å². The number of aromatic nitrogens is 2. The van der Waals surface area contributed by atoms with E-state index in [2.05, 4.69) is 20.6 Å². The summed E-state index contributed by atoms with van der Waals surface area (Å²) in [6.45, 7) is 3.90. The van der Waals surface area contributed by atoms with Crippen LogP contribution in [0.15, 0.2) is 54.6 Å². The van der Waals surface area contributed by atoms with Gasteiger partial charge in [0.25, 0.3) is 0 Å². The third kappa shape index (κ3) is 4.80. The first-order valence-electron chi connectivity index (χ1n) is 9.00. The van der Waals surface area contributed by atoms with E-state index in [1.54, 1.807) is 6.07 Å². The smallest absolute Gasteiger partial charge is 0.225 e. The van der Waals surface area contributed by atoms with E-state index in [9.17, 15) is 13.9 Å². The van der Waals surface area contributed by atoms with Gasteiger partial charge in [-0.3, -0.25) is 0 Å². The molecule has 0 saturated heterocycles. The Bertz CT molecular complexity index is 935. The lowest BCUT2D eigenvalue weighted by Gasteiger charge is -2.20. The number of benzene rings is 2. The molecular weight excluding hydrogens is 362 g/mol. The number of aliphatic hydroxyl groups is 1. The van der Waals surface area contributed by atoms with Gasteiger partial charge in [-0.25, -0.2) is 13.8 Å². The molecular formula is C21H22F2N4O. The summed E-state index contributed by atoms with van der Waals surface area (Å²) in [5, 5.41) is 15.7. The molecule has 0 fully saturated rings. The Balaban J connectivity index is 1.97. The summed E-state index contributed by atoms with van der Waals surface area (Å²) in [5.74, 6) is -0.942. The van der Waals surface area contributed by atoms with E-state index < -0.39 is 11.6 Å². The van der Waals surface area contributed by atoms with Gasteiger partial charge >= 0.3 is 0 Å². The number of nitrogens with one attached hydrogen (secondary N) is 2. The largest absolute Gasteiger partial charge is 0.394 e. The third-order valence-electron chi connectivity index (χ3n) is 4.30. The van der Waals surface area contributed by atoms with E-state index in [0.29, 0.717) is 23.1 Å². The normalized spacial score (nSPS) is 12.1. The Morgan fingerprint density at radius 2 is 1.71 bits per heavy atom. The number of anilines is 3. The zero-order chi connectivity index (χ0) is 20.1. The Kier molecular flexibility index (Phi) is 6.16. The fraction of sp³-hybridized carbons (Fsp3) is 0.238. The third-order valence-corrected chi connectivity index (χ3v) is 4.30. The van der Waals surface area contributed by atoms with Crippen molar-refractivity contribution < 1.29 is 13.9 Å². The number of aliphatic hydroxyl groups excluding tert-OH is 1. The summed E-state index contributed by atoms with van der Waals surface area (Å²) in [7, 11) is 0. The highest BCUT2D eigenvalue weighted by Gasteiger charge is 2.15. The predicted molar refractivity (Wildman–Crippen MR) is 106 cm³/mol. The Morgan fingerprint density at radius 3 is 2.36 bits per heavy atom. The number of nitrogens with zero attached hydrogens (tertiary/aromatic N) is 2. The Hall–Kier alpha value is -3.06. The van der Waals surface area contributed by atoms with Crippen molar-refractivity contribution in [3.63, 3.8) is 0 Å². The maximum Gasteiger partial charge on any atom is 0.225 e. The summed E-state index contributed by atoms with van der Waals surface area (Å²) in [6.07, 6.45) is 0. The quantitative estimate of drug-likeness (QED) is 0.556. The molecule has 0 bridgehead atoms. The molecule has 146 valence electrons. The van der Waals surface area contributed by atoms with E-state index >= 15 is 0 Å². The number of rotatable bonds is 7. The van der Waals surface area contributed by atoms with Gasteiger partial charge in [-0.15, -0.1) is 0 Å². The average molecular weight is 384 g/mol. The summed E-state index contributed by atoms with van der Waals surface area (Å²) >= 11 is 0. The van der Waals surface area contributed by atoms with Gasteiger partial charge < -0.3 is 15.7 Å². The average Bonchev–Trinajstić information content (AvgIpc) is 2.69. The molecule has 2 aromatic carbocycles. The minimum atomic E-state index is -0.944. The molecule has 0 saturated carbocycles. The molecule has 0 spiro atoms. The van der Waals surface area contributed by atoms with Crippen LogP contribution in [0.3, 0.4) is 0 Å². The highest BCUT2D eigenvalue weighted by molar-refractivity contribution is 5.67. The molecule has 0 aliphatic rings. The Labute approximate surface area is 162 Å². The lowest BCUT2D eigenvalue weighted by Crippen LogP contribution is -2.30. The van der Waals surface area contributed by atoms with Gasteiger partial charge in [0.1, 0.15) is 5.82 Å². The van der Waals surface area contributed by atoms with Gasteiger partial charge in [0.15, 0.2) is 11.6 Å². The second kappa shape index (κ2) is 8.75. The minimum Gasteiger partial charge on any atom is -0.394 e. The minimum absolute atomic E-state index is 0.0669. The van der Waals surface area contributed by atoms with Crippen molar-refractivity contribution in [3.8, 4) is 11.3 Å². The van der Waals surface area contributed by atoms with Crippen molar-refractivity contribution in [2.24, 2.45) is 5.92 Å². The number of hydrogen-bond donors (Lipinski definition) is 3. The fourth-order valence-corrected chi connectivity index (χ4v) is 2.64. The summed E-state index contributed by atoms with van der Waals surface area (Å²) in [6, 6.07) is 14.6. The monoisotopic (exact) mass is 384 g/mol. The van der Waals surface area contributed by atoms with Gasteiger partial charge in [-0.1, -0.05) is 44.2 Å². The van der Waals surface area contributed by atoms with Crippen LogP contribution in [0.25, 0.3) is 11.3 Å². The lowest BCUT2D eigenvalue weighted by atomic mass is 10.1. The maximum absolute atomic E-state index is 13.5. The molecule has 1 aromatic heterocycles. The molecule has 3 aromatic rings. The van der Waals surface area contributed by atoms with Crippen molar-refractivity contribution >= 4 is 17.5 Å². The summed E-state index contributed by atoms with van der Waals surface area (Å²) in [4.78, 5) is 8.96. The summed E-state index contributed by atoms with van der Waals surface area (Å²) in [5.41, 5.74) is 1.90. The second-order valence-corrected chi connectivity index (χ2v) is 6.76. The maximum atomic E-state index is 13.5. The highest BCUT2D eigenvalue weighted by Crippen LogP contribution is 2.25. The van der Waals surface area contributed by atoms with Crippen molar-refractivity contribution in [1.82, 2.24) is 9.97 Å². The predicted octanol–water partition coefficient (Wildman–Crippen LogP) is 4.59. The molecule has 1 atom stereocenters. The van der Waals surface area contributed by atoms with Crippen molar-refractivity contribution in [3.05, 3.63) is 66.2 Å². The molecule has 0 amide bonds. The van der Waals surface area contributed by atoms with Crippen LogP contribution in [0.2, 0.25) is 0 Å². The topological polar surface area (TPSA) is 70.1 Å². The molecule has 0 aliphatic carbocycles. The Morgan fingerprint density at radius 1 is 0.964 bits per heavy atom. The zero-order valence-corrected chi connectivity index (χ0v) is 15.7. The van der Waals surface area contributed by atoms with Crippen LogP contribution in [0.4, 0.5) is 26.2 Å². The standard InChI is InChI=1S/C21H22F2N4O/c1-13(2)19(12-28)26-21-25-18(14-6-4-3-5-7-14)11-20(27-21)24-15-8-9-16(22)17(23)10-15/h3-11,13,19,28H,12H2,1-2H3,(H2,24,25,26,27)/t19-/m1/s1. The zero-order valence-electron chi connectivity index (χ0n) is 15.7. The van der Waals surface area contributed by atoms with E-state index in [1.165, 1.54) is 6.07 Å². The van der Waals surface area contributed by atoms with Gasteiger partial charge in [-0.05, 0) is 18.1 Å². The van der Waals surface area contributed by atoms with E-state index in [-0.39, 0.29) is 18.6 Å². The number of hydrogen-bond acceptors (Lipinski definition) is 5. The van der Waals surface area contributed by atoms with Crippen LogP contribution >= 0.6 is 0 Å². The first kappa shape index (κ1) is 19.7. The molecule has 3 N–H and O–H groups in total. The highest BCUT2D eigenvalue weighted by atomic mass is 19.2. The van der Waals surface area contributed by atoms with Gasteiger partial charge in [-0.2, -0.15) is 4.98 Å². The van der Waals surface area contributed by atoms with E-state index in [1.807, 2.05) is 44.2 Å². The number of halogens is 2. The van der Waals surface area contributed by atoms with Gasteiger partial charge in [0.2, 0.25) is 5.95 Å². The molecule has 5 nitrogen and oxygen atoms in total. The molecule has 7 heteroatoms. The van der Waals surface area contributed by atoms with Crippen molar-refractivity contribution in [2.45, 2.75) is 19.9 Å². The molecule has 0 aliphatic heterocycles. The van der Waals surface area contributed by atoms with Crippen molar-refractivity contribution in [2.75, 3.05) is 17.2 Å². The fourth-order valence-electron chi connectivity index (χ4n) is 2.64. The van der Waals surface area contributed by atoms with Crippen LogP contribution < -0.4 is 10.6 Å². The first-order valence-corrected chi connectivity index (χ1v) is 9.00. The van der Waals surface area contributed by atoms with Crippen LogP contribution in [-0.4, -0.2) is 27.7 Å². The van der Waals surface area contributed by atoms with Crippen LogP contribution in [0.1, 0.15) is 13.8 Å². The SMILES string of the molecule is CC(C)[C@@H](CO)Nc1nc(Nc2ccc(F)c(F)c2)cc(-c2ccccc2)n1.